The number of aromatic nitrogens is 3. The van der Waals surface area contributed by atoms with Gasteiger partial charge in [0, 0.05) is 30.7 Å². The van der Waals surface area contributed by atoms with Gasteiger partial charge in [0.1, 0.15) is 5.82 Å². The van der Waals surface area contributed by atoms with Crippen LogP contribution in [-0.4, -0.2) is 51.0 Å². The van der Waals surface area contributed by atoms with E-state index in [1.54, 1.807) is 24.4 Å². The minimum absolute atomic E-state index is 0.248. The molecule has 1 aliphatic rings. The third-order valence-corrected chi connectivity index (χ3v) is 5.53. The highest BCUT2D eigenvalue weighted by Crippen LogP contribution is 2.22. The van der Waals surface area contributed by atoms with Crippen molar-refractivity contribution in [1.82, 2.24) is 25.2 Å². The third-order valence-electron chi connectivity index (χ3n) is 5.53. The van der Waals surface area contributed by atoms with Crippen LogP contribution >= 0.6 is 0 Å². The Bertz CT molecular complexity index is 767. The zero-order valence-electron chi connectivity index (χ0n) is 16.2. The maximum atomic E-state index is 14.0. The number of amides is 1. The molecular formula is C20H28FN5O. The Kier molecular flexibility index (Phi) is 6.21. The van der Waals surface area contributed by atoms with E-state index in [1.165, 1.54) is 30.0 Å². The van der Waals surface area contributed by atoms with Crippen molar-refractivity contribution < 1.29 is 9.18 Å². The number of carbonyl (C=O) groups excluding carboxylic acids is 1. The molecule has 1 aromatic heterocycles. The molecule has 27 heavy (non-hydrogen) atoms. The second-order valence-corrected chi connectivity index (χ2v) is 7.40. The Labute approximate surface area is 159 Å². The number of halogens is 1. The van der Waals surface area contributed by atoms with Crippen molar-refractivity contribution in [2.45, 2.75) is 58.2 Å². The molecular weight excluding hydrogens is 345 g/mol. The summed E-state index contributed by atoms with van der Waals surface area (Å²) in [6.07, 6.45) is 5.26. The minimum Gasteiger partial charge on any atom is -0.349 e. The Morgan fingerprint density at radius 2 is 2.00 bits per heavy atom. The number of hydrogen-bond donors (Lipinski definition) is 1. The average Bonchev–Trinajstić information content (AvgIpc) is 3.14. The van der Waals surface area contributed by atoms with Crippen molar-refractivity contribution in [3.63, 3.8) is 0 Å². The number of nitrogens with zero attached hydrogens (tertiary/aromatic N) is 4. The lowest BCUT2D eigenvalue weighted by Crippen LogP contribution is -2.47. The Balaban J connectivity index is 1.56. The largest absolute Gasteiger partial charge is 0.349 e. The van der Waals surface area contributed by atoms with Crippen LogP contribution in [0.1, 0.15) is 62.1 Å². The summed E-state index contributed by atoms with van der Waals surface area (Å²) in [6.45, 7) is 7.71. The number of hydrogen-bond acceptors (Lipinski definition) is 4. The Morgan fingerprint density at radius 1 is 1.30 bits per heavy atom. The first kappa shape index (κ1) is 19.5. The zero-order valence-corrected chi connectivity index (χ0v) is 16.2. The van der Waals surface area contributed by atoms with Gasteiger partial charge in [-0.25, -0.2) is 9.07 Å². The summed E-state index contributed by atoms with van der Waals surface area (Å²) in [5.74, 6) is -0.546. The monoisotopic (exact) mass is 373 g/mol. The van der Waals surface area contributed by atoms with E-state index in [9.17, 15) is 9.18 Å². The second kappa shape index (κ2) is 8.61. The van der Waals surface area contributed by atoms with Gasteiger partial charge in [-0.05, 0) is 39.7 Å². The van der Waals surface area contributed by atoms with Gasteiger partial charge in [-0.2, -0.15) is 0 Å². The van der Waals surface area contributed by atoms with E-state index in [4.69, 9.17) is 0 Å². The van der Waals surface area contributed by atoms with Crippen LogP contribution in [0, 0.1) is 5.82 Å². The molecule has 3 atom stereocenters. The van der Waals surface area contributed by atoms with Crippen LogP contribution in [0.25, 0.3) is 0 Å². The van der Waals surface area contributed by atoms with E-state index >= 15 is 0 Å². The quantitative estimate of drug-likeness (QED) is 0.845. The maximum absolute atomic E-state index is 14.0. The summed E-state index contributed by atoms with van der Waals surface area (Å²) in [6, 6.07) is 7.32. The predicted molar refractivity (Wildman–Crippen MR) is 102 cm³/mol. The van der Waals surface area contributed by atoms with Crippen LogP contribution in [0.4, 0.5) is 4.39 Å². The van der Waals surface area contributed by atoms with Crippen LogP contribution in [0.2, 0.25) is 0 Å². The summed E-state index contributed by atoms with van der Waals surface area (Å²) in [5, 5.41) is 10.9. The van der Waals surface area contributed by atoms with Gasteiger partial charge >= 0.3 is 0 Å². The normalized spacial score (nSPS) is 21.8. The minimum atomic E-state index is -0.338. The van der Waals surface area contributed by atoms with Crippen molar-refractivity contribution in [3.05, 3.63) is 47.5 Å². The van der Waals surface area contributed by atoms with Gasteiger partial charge in [-0.1, -0.05) is 29.8 Å². The summed E-state index contributed by atoms with van der Waals surface area (Å²) < 4.78 is 15.5. The Morgan fingerprint density at radius 3 is 2.70 bits per heavy atom. The first-order chi connectivity index (χ1) is 13.0. The zero-order chi connectivity index (χ0) is 19.4. The fraction of sp³-hybridized carbons (Fsp3) is 0.550. The standard InChI is InChI=1S/C20H28FN5O/c1-14-7-6-8-15(2)25(14)12-11-22-20(27)19-13-26(24-23-19)16(3)17-9-4-5-10-18(17)21/h4-5,9-10,13-16H,6-8,11-12H2,1-3H3,(H,22,27)/t14-,15+,16-/m0/s1. The number of benzene rings is 1. The van der Waals surface area contributed by atoms with E-state index in [0.717, 1.165) is 6.54 Å². The number of likely N-dealkylation sites (tertiary alicyclic amines) is 1. The van der Waals surface area contributed by atoms with E-state index in [-0.39, 0.29) is 23.5 Å². The van der Waals surface area contributed by atoms with Crippen molar-refractivity contribution >= 4 is 5.91 Å². The number of nitrogens with one attached hydrogen (secondary N) is 1. The maximum Gasteiger partial charge on any atom is 0.273 e. The van der Waals surface area contributed by atoms with Gasteiger partial charge < -0.3 is 5.32 Å². The molecule has 1 saturated heterocycles. The molecule has 6 nitrogen and oxygen atoms in total. The second-order valence-electron chi connectivity index (χ2n) is 7.40. The Hall–Kier alpha value is -2.28. The number of piperidine rings is 1. The van der Waals surface area contributed by atoms with Crippen LogP contribution in [0.15, 0.2) is 30.5 Å². The van der Waals surface area contributed by atoms with Crippen molar-refractivity contribution in [2.24, 2.45) is 0 Å². The van der Waals surface area contributed by atoms with Gasteiger partial charge in [0.2, 0.25) is 0 Å². The molecule has 0 radical (unpaired) electrons. The first-order valence-electron chi connectivity index (χ1n) is 9.67. The fourth-order valence-electron chi connectivity index (χ4n) is 3.83. The molecule has 0 spiro atoms. The number of rotatable bonds is 6. The molecule has 0 saturated carbocycles. The molecule has 3 rings (SSSR count). The molecule has 0 bridgehead atoms. The van der Waals surface area contributed by atoms with Crippen LogP contribution < -0.4 is 5.32 Å². The molecule has 7 heteroatoms. The van der Waals surface area contributed by atoms with Gasteiger partial charge in [-0.3, -0.25) is 9.69 Å². The van der Waals surface area contributed by atoms with Crippen molar-refractivity contribution in [1.29, 1.82) is 0 Å². The van der Waals surface area contributed by atoms with E-state index in [2.05, 4.69) is 34.4 Å². The van der Waals surface area contributed by atoms with E-state index in [0.29, 0.717) is 24.2 Å². The highest BCUT2D eigenvalue weighted by atomic mass is 19.1. The first-order valence-corrected chi connectivity index (χ1v) is 9.67. The van der Waals surface area contributed by atoms with Gasteiger partial charge in [0.25, 0.3) is 5.91 Å². The SMILES string of the molecule is C[C@@H]1CCC[C@H](C)N1CCNC(=O)c1cn([C@@H](C)c2ccccc2F)nn1. The topological polar surface area (TPSA) is 63.1 Å². The summed E-state index contributed by atoms with van der Waals surface area (Å²) >= 11 is 0. The molecule has 2 heterocycles. The average molecular weight is 373 g/mol. The number of carbonyl (C=O) groups is 1. The van der Waals surface area contributed by atoms with Crippen molar-refractivity contribution in [2.75, 3.05) is 13.1 Å². The van der Waals surface area contributed by atoms with Crippen LogP contribution in [0.3, 0.4) is 0 Å². The molecule has 0 unspecified atom stereocenters. The van der Waals surface area contributed by atoms with Gasteiger partial charge in [0.05, 0.1) is 12.2 Å². The van der Waals surface area contributed by atoms with E-state index < -0.39 is 0 Å². The molecule has 146 valence electrons. The lowest BCUT2D eigenvalue weighted by atomic mass is 9.98. The van der Waals surface area contributed by atoms with Gasteiger partial charge in [-0.15, -0.1) is 5.10 Å². The van der Waals surface area contributed by atoms with Crippen LogP contribution in [0.5, 0.6) is 0 Å². The molecule has 0 aliphatic carbocycles. The summed E-state index contributed by atoms with van der Waals surface area (Å²) in [4.78, 5) is 14.8. The van der Waals surface area contributed by atoms with E-state index in [1.807, 2.05) is 6.92 Å². The molecule has 2 aromatic rings. The molecule has 1 fully saturated rings. The molecule has 1 aliphatic heterocycles. The van der Waals surface area contributed by atoms with Crippen molar-refractivity contribution in [3.8, 4) is 0 Å². The predicted octanol–water partition coefficient (Wildman–Crippen LogP) is 3.02. The molecule has 1 amide bonds. The van der Waals surface area contributed by atoms with Crippen LogP contribution in [-0.2, 0) is 0 Å². The summed E-state index contributed by atoms with van der Waals surface area (Å²) in [5.41, 5.74) is 0.764. The highest BCUT2D eigenvalue weighted by Gasteiger charge is 2.24. The van der Waals surface area contributed by atoms with Gasteiger partial charge in [0.15, 0.2) is 5.69 Å². The fourth-order valence-corrected chi connectivity index (χ4v) is 3.83. The lowest BCUT2D eigenvalue weighted by Gasteiger charge is -2.38. The lowest BCUT2D eigenvalue weighted by molar-refractivity contribution is 0.0885. The summed E-state index contributed by atoms with van der Waals surface area (Å²) in [7, 11) is 0. The molecule has 1 aromatic carbocycles. The molecule has 1 N–H and O–H groups in total. The highest BCUT2D eigenvalue weighted by molar-refractivity contribution is 5.91. The third kappa shape index (κ3) is 4.53. The smallest absolute Gasteiger partial charge is 0.273 e.